The number of aryl methyl sites for hydroxylation is 1. The van der Waals surface area contributed by atoms with E-state index in [9.17, 15) is 14.0 Å². The average molecular weight is 450 g/mol. The van der Waals surface area contributed by atoms with E-state index < -0.39 is 17.6 Å². The molecule has 0 saturated heterocycles. The Kier molecular flexibility index (Phi) is 5.72. The van der Waals surface area contributed by atoms with Crippen molar-refractivity contribution in [2.75, 3.05) is 29.2 Å². The van der Waals surface area contributed by atoms with Crippen molar-refractivity contribution in [3.8, 4) is 0 Å². The number of carbonyl (C=O) groups excluding carboxylic acids is 2. The van der Waals surface area contributed by atoms with Crippen LogP contribution in [0.2, 0.25) is 5.02 Å². The van der Waals surface area contributed by atoms with Crippen LogP contribution in [0, 0.1) is 12.7 Å². The highest BCUT2D eigenvalue weighted by molar-refractivity contribution is 6.46. The quantitative estimate of drug-likeness (QED) is 0.540. The molecule has 1 heterocycles. The molecule has 0 aromatic heterocycles. The highest BCUT2D eigenvalue weighted by Gasteiger charge is 2.41. The number of benzene rings is 3. The molecule has 32 heavy (non-hydrogen) atoms. The second kappa shape index (κ2) is 8.48. The maximum absolute atomic E-state index is 13.5. The molecule has 0 atom stereocenters. The van der Waals surface area contributed by atoms with E-state index in [1.54, 1.807) is 25.1 Å². The van der Waals surface area contributed by atoms with Crippen molar-refractivity contribution in [3.63, 3.8) is 0 Å². The summed E-state index contributed by atoms with van der Waals surface area (Å²) in [5, 5.41) is 3.52. The number of anilines is 3. The topological polar surface area (TPSA) is 52.7 Å². The lowest BCUT2D eigenvalue weighted by molar-refractivity contribution is -0.120. The van der Waals surface area contributed by atoms with Gasteiger partial charge in [0.2, 0.25) is 0 Å². The number of hydrogen-bond acceptors (Lipinski definition) is 4. The third kappa shape index (κ3) is 3.97. The van der Waals surface area contributed by atoms with E-state index in [2.05, 4.69) is 5.32 Å². The number of imide groups is 1. The van der Waals surface area contributed by atoms with Crippen molar-refractivity contribution in [3.05, 3.63) is 94.4 Å². The number of carbonyl (C=O) groups is 2. The first-order valence-corrected chi connectivity index (χ1v) is 10.3. The number of nitrogens with one attached hydrogen (secondary N) is 1. The Morgan fingerprint density at radius 2 is 1.56 bits per heavy atom. The van der Waals surface area contributed by atoms with Crippen molar-refractivity contribution in [2.24, 2.45) is 0 Å². The van der Waals surface area contributed by atoms with Gasteiger partial charge in [-0.3, -0.25) is 9.59 Å². The molecule has 162 valence electrons. The Morgan fingerprint density at radius 3 is 2.19 bits per heavy atom. The predicted octanol–water partition coefficient (Wildman–Crippen LogP) is 5.25. The van der Waals surface area contributed by atoms with Crippen LogP contribution in [-0.4, -0.2) is 25.9 Å². The Morgan fingerprint density at radius 1 is 0.906 bits per heavy atom. The van der Waals surface area contributed by atoms with Gasteiger partial charge in [-0.1, -0.05) is 29.8 Å². The fourth-order valence-corrected chi connectivity index (χ4v) is 3.73. The normalized spacial score (nSPS) is 13.7. The van der Waals surface area contributed by atoms with Gasteiger partial charge >= 0.3 is 0 Å². The van der Waals surface area contributed by atoms with Gasteiger partial charge in [-0.05, 0) is 66.6 Å². The SMILES string of the molecule is Cc1ccc(Cl)cc1N1C(=O)C(Nc2ccc(N(C)C)cc2)=C(c2ccc(F)cc2)C1=O. The standard InChI is InChI=1S/C25H21ClFN3O2/c1-15-4-7-17(26)14-21(15)30-24(31)22(16-5-8-18(27)9-6-16)23(25(30)32)28-19-10-12-20(13-11-19)29(2)3/h4-14,28H,1-3H3. The van der Waals surface area contributed by atoms with Crippen LogP contribution in [0.25, 0.3) is 5.57 Å². The van der Waals surface area contributed by atoms with Gasteiger partial charge in [-0.2, -0.15) is 0 Å². The maximum Gasteiger partial charge on any atom is 0.282 e. The lowest BCUT2D eigenvalue weighted by Crippen LogP contribution is -2.33. The zero-order chi connectivity index (χ0) is 23.0. The van der Waals surface area contributed by atoms with Crippen LogP contribution < -0.4 is 15.1 Å². The van der Waals surface area contributed by atoms with Gasteiger partial charge in [0.25, 0.3) is 11.8 Å². The first-order valence-electron chi connectivity index (χ1n) is 9.96. The largest absolute Gasteiger partial charge is 0.378 e. The zero-order valence-electron chi connectivity index (χ0n) is 17.8. The second-order valence-electron chi connectivity index (χ2n) is 7.70. The summed E-state index contributed by atoms with van der Waals surface area (Å²) in [4.78, 5) is 30.0. The minimum atomic E-state index is -0.503. The number of hydrogen-bond donors (Lipinski definition) is 1. The van der Waals surface area contributed by atoms with Crippen molar-refractivity contribution in [1.82, 2.24) is 0 Å². The molecule has 5 nitrogen and oxygen atoms in total. The fourth-order valence-electron chi connectivity index (χ4n) is 3.56. The molecular weight excluding hydrogens is 429 g/mol. The summed E-state index contributed by atoms with van der Waals surface area (Å²) in [6, 6.07) is 18.0. The smallest absolute Gasteiger partial charge is 0.282 e. The van der Waals surface area contributed by atoms with Gasteiger partial charge in [0.05, 0.1) is 11.3 Å². The molecule has 7 heteroatoms. The van der Waals surface area contributed by atoms with Gasteiger partial charge < -0.3 is 10.2 Å². The fraction of sp³-hybridized carbons (Fsp3) is 0.120. The van der Waals surface area contributed by atoms with E-state index in [1.165, 1.54) is 24.3 Å². The lowest BCUT2D eigenvalue weighted by atomic mass is 10.0. The molecule has 3 aromatic rings. The molecule has 3 aromatic carbocycles. The Bertz CT molecular complexity index is 1240. The summed E-state index contributed by atoms with van der Waals surface area (Å²) in [6.45, 7) is 1.80. The molecule has 1 aliphatic heterocycles. The van der Waals surface area contributed by atoms with Gasteiger partial charge in [0, 0.05) is 30.5 Å². The third-order valence-electron chi connectivity index (χ3n) is 5.28. The van der Waals surface area contributed by atoms with Crippen LogP contribution in [0.3, 0.4) is 0 Å². The molecule has 4 rings (SSSR count). The minimum absolute atomic E-state index is 0.124. The van der Waals surface area contributed by atoms with Gasteiger partial charge in [-0.15, -0.1) is 0 Å². The molecule has 0 spiro atoms. The van der Waals surface area contributed by atoms with E-state index in [0.29, 0.717) is 22.0 Å². The van der Waals surface area contributed by atoms with Crippen molar-refractivity contribution >= 4 is 46.1 Å². The summed E-state index contributed by atoms with van der Waals surface area (Å²) in [7, 11) is 3.87. The molecule has 1 N–H and O–H groups in total. The Labute approximate surface area is 190 Å². The molecule has 0 aliphatic carbocycles. The number of rotatable bonds is 5. The summed E-state index contributed by atoms with van der Waals surface area (Å²) in [5.74, 6) is -1.43. The Balaban J connectivity index is 1.81. The number of halogens is 2. The third-order valence-corrected chi connectivity index (χ3v) is 5.52. The minimum Gasteiger partial charge on any atom is -0.378 e. The molecule has 0 bridgehead atoms. The second-order valence-corrected chi connectivity index (χ2v) is 8.14. The summed E-state index contributed by atoms with van der Waals surface area (Å²) < 4.78 is 13.5. The molecular formula is C25H21ClFN3O2. The zero-order valence-corrected chi connectivity index (χ0v) is 18.6. The van der Waals surface area contributed by atoms with Crippen LogP contribution in [-0.2, 0) is 9.59 Å². The molecule has 0 fully saturated rings. The first kappa shape index (κ1) is 21.6. The average Bonchev–Trinajstić information content (AvgIpc) is 3.00. The molecule has 0 radical (unpaired) electrons. The van der Waals surface area contributed by atoms with Crippen LogP contribution >= 0.6 is 11.6 Å². The molecule has 0 saturated carbocycles. The van der Waals surface area contributed by atoms with E-state index in [4.69, 9.17) is 11.6 Å². The molecule has 1 aliphatic rings. The van der Waals surface area contributed by atoms with E-state index in [-0.39, 0.29) is 11.3 Å². The summed E-state index contributed by atoms with van der Waals surface area (Å²) >= 11 is 6.14. The molecule has 2 amide bonds. The van der Waals surface area contributed by atoms with Crippen molar-refractivity contribution < 1.29 is 14.0 Å². The van der Waals surface area contributed by atoms with Gasteiger partial charge in [0.1, 0.15) is 11.5 Å². The highest BCUT2D eigenvalue weighted by Crippen LogP contribution is 2.36. The van der Waals surface area contributed by atoms with Crippen molar-refractivity contribution in [2.45, 2.75) is 6.92 Å². The van der Waals surface area contributed by atoms with Crippen LogP contribution in [0.1, 0.15) is 11.1 Å². The predicted molar refractivity (Wildman–Crippen MR) is 126 cm³/mol. The van der Waals surface area contributed by atoms with Crippen LogP contribution in [0.4, 0.5) is 21.5 Å². The van der Waals surface area contributed by atoms with Crippen LogP contribution in [0.15, 0.2) is 72.4 Å². The van der Waals surface area contributed by atoms with Gasteiger partial charge in [-0.25, -0.2) is 9.29 Å². The van der Waals surface area contributed by atoms with E-state index >= 15 is 0 Å². The molecule has 0 unspecified atom stereocenters. The number of nitrogens with zero attached hydrogens (tertiary/aromatic N) is 2. The van der Waals surface area contributed by atoms with Crippen molar-refractivity contribution in [1.29, 1.82) is 0 Å². The van der Waals surface area contributed by atoms with E-state index in [1.807, 2.05) is 43.3 Å². The number of amides is 2. The highest BCUT2D eigenvalue weighted by atomic mass is 35.5. The van der Waals surface area contributed by atoms with Crippen LogP contribution in [0.5, 0.6) is 0 Å². The summed E-state index contributed by atoms with van der Waals surface area (Å²) in [5.41, 5.74) is 3.52. The van der Waals surface area contributed by atoms with E-state index in [0.717, 1.165) is 16.2 Å². The lowest BCUT2D eigenvalue weighted by Gasteiger charge is -2.18. The first-order chi connectivity index (χ1) is 15.3. The maximum atomic E-state index is 13.5. The van der Waals surface area contributed by atoms with Gasteiger partial charge in [0.15, 0.2) is 0 Å². The Hall–Kier alpha value is -3.64. The monoisotopic (exact) mass is 449 g/mol. The summed E-state index contributed by atoms with van der Waals surface area (Å²) in [6.07, 6.45) is 0.